The van der Waals surface area contributed by atoms with Crippen LogP contribution in [0.5, 0.6) is 0 Å². The van der Waals surface area contributed by atoms with Crippen molar-refractivity contribution in [2.45, 2.75) is 38.6 Å². The summed E-state index contributed by atoms with van der Waals surface area (Å²) in [4.78, 5) is 36.1. The molecule has 1 fully saturated rings. The molecular formula is C17H23N3O5. The van der Waals surface area contributed by atoms with Crippen molar-refractivity contribution in [2.75, 3.05) is 19.4 Å². The fourth-order valence-corrected chi connectivity index (χ4v) is 2.97. The average Bonchev–Trinajstić information content (AvgIpc) is 2.59. The van der Waals surface area contributed by atoms with E-state index in [-0.39, 0.29) is 28.9 Å². The number of ether oxygens (including phenoxy) is 1. The average molecular weight is 349 g/mol. The predicted octanol–water partition coefficient (Wildman–Crippen LogP) is 2.37. The zero-order valence-electron chi connectivity index (χ0n) is 14.4. The number of hydrogen-bond donors (Lipinski definition) is 1. The number of non-ortho nitro benzene ring substituents is 1. The number of carbonyl (C=O) groups excluding carboxylic acids is 2. The third-order valence-electron chi connectivity index (χ3n) is 4.72. The number of likely N-dealkylation sites (N-methyl/N-ethyl adjacent to an activating group) is 1. The maximum absolute atomic E-state index is 12.2. The molecule has 0 bridgehead atoms. The summed E-state index contributed by atoms with van der Waals surface area (Å²) in [6, 6.07) is 3.68. The van der Waals surface area contributed by atoms with Crippen molar-refractivity contribution < 1.29 is 19.2 Å². The van der Waals surface area contributed by atoms with Gasteiger partial charge in [0.25, 0.3) is 11.6 Å². The van der Waals surface area contributed by atoms with Gasteiger partial charge in [0.1, 0.15) is 0 Å². The normalized spacial score (nSPS) is 19.9. The number of nitrogens with zero attached hydrogens (tertiary/aromatic N) is 2. The minimum Gasteiger partial charge on any atom is -0.452 e. The molecule has 1 aromatic rings. The van der Waals surface area contributed by atoms with Crippen LogP contribution in [0, 0.1) is 16.0 Å². The van der Waals surface area contributed by atoms with Crippen molar-refractivity contribution in [1.29, 1.82) is 0 Å². The predicted molar refractivity (Wildman–Crippen MR) is 92.0 cm³/mol. The van der Waals surface area contributed by atoms with Crippen LogP contribution < -0.4 is 5.73 Å². The molecule has 136 valence electrons. The highest BCUT2D eigenvalue weighted by Gasteiger charge is 2.26. The lowest BCUT2D eigenvalue weighted by molar-refractivity contribution is -0.384. The summed E-state index contributed by atoms with van der Waals surface area (Å²) in [6.45, 7) is 1.78. The zero-order valence-corrected chi connectivity index (χ0v) is 14.4. The number of nitro groups is 1. The van der Waals surface area contributed by atoms with Gasteiger partial charge in [-0.15, -0.1) is 0 Å². The van der Waals surface area contributed by atoms with Gasteiger partial charge in [0.15, 0.2) is 6.61 Å². The molecule has 2 N–H and O–H groups in total. The highest BCUT2D eigenvalue weighted by atomic mass is 16.6. The van der Waals surface area contributed by atoms with Gasteiger partial charge in [-0.2, -0.15) is 0 Å². The number of amides is 1. The molecule has 0 saturated heterocycles. The monoisotopic (exact) mass is 349 g/mol. The molecule has 1 aliphatic rings. The lowest BCUT2D eigenvalue weighted by Crippen LogP contribution is -2.41. The molecule has 8 heteroatoms. The number of benzene rings is 1. The number of rotatable bonds is 5. The number of nitro benzene ring substituents is 1. The van der Waals surface area contributed by atoms with Crippen LogP contribution in [-0.2, 0) is 9.53 Å². The topological polar surface area (TPSA) is 116 Å². The van der Waals surface area contributed by atoms with Gasteiger partial charge in [0.05, 0.1) is 10.5 Å². The first-order valence-corrected chi connectivity index (χ1v) is 8.26. The molecule has 0 aliphatic heterocycles. The number of nitrogens with two attached hydrogens (primary N) is 1. The van der Waals surface area contributed by atoms with Gasteiger partial charge in [0, 0.05) is 30.9 Å². The molecule has 8 nitrogen and oxygen atoms in total. The molecule has 1 aromatic carbocycles. The van der Waals surface area contributed by atoms with E-state index >= 15 is 0 Å². The van der Waals surface area contributed by atoms with Gasteiger partial charge in [-0.05, 0) is 37.7 Å². The van der Waals surface area contributed by atoms with E-state index in [1.807, 2.05) is 0 Å². The summed E-state index contributed by atoms with van der Waals surface area (Å²) in [5, 5.41) is 10.8. The van der Waals surface area contributed by atoms with Crippen LogP contribution >= 0.6 is 0 Å². The van der Waals surface area contributed by atoms with Gasteiger partial charge in [0.2, 0.25) is 0 Å². The van der Waals surface area contributed by atoms with Crippen LogP contribution in [-0.4, -0.2) is 41.4 Å². The molecule has 0 heterocycles. The van der Waals surface area contributed by atoms with Gasteiger partial charge >= 0.3 is 5.97 Å². The van der Waals surface area contributed by atoms with Crippen LogP contribution in [0.15, 0.2) is 18.2 Å². The highest BCUT2D eigenvalue weighted by Crippen LogP contribution is 2.26. The second-order valence-electron chi connectivity index (χ2n) is 6.52. The summed E-state index contributed by atoms with van der Waals surface area (Å²) in [7, 11) is 1.71. The van der Waals surface area contributed by atoms with E-state index < -0.39 is 17.5 Å². The third-order valence-corrected chi connectivity index (χ3v) is 4.72. The fraction of sp³-hybridized carbons (Fsp3) is 0.529. The van der Waals surface area contributed by atoms with E-state index in [2.05, 4.69) is 6.92 Å². The second kappa shape index (κ2) is 7.96. The van der Waals surface area contributed by atoms with Crippen molar-refractivity contribution in [1.82, 2.24) is 4.90 Å². The van der Waals surface area contributed by atoms with Crippen LogP contribution in [0.3, 0.4) is 0 Å². The summed E-state index contributed by atoms with van der Waals surface area (Å²) < 4.78 is 5.01. The lowest BCUT2D eigenvalue weighted by atomic mass is 9.87. The number of esters is 1. The zero-order chi connectivity index (χ0) is 18.6. The summed E-state index contributed by atoms with van der Waals surface area (Å²) in [6.07, 6.45) is 4.03. The number of anilines is 1. The third kappa shape index (κ3) is 4.68. The van der Waals surface area contributed by atoms with E-state index in [9.17, 15) is 19.7 Å². The number of carbonyl (C=O) groups is 2. The molecule has 1 saturated carbocycles. The maximum Gasteiger partial charge on any atom is 0.341 e. The molecular weight excluding hydrogens is 326 g/mol. The Balaban J connectivity index is 1.94. The quantitative estimate of drug-likeness (QED) is 0.377. The largest absolute Gasteiger partial charge is 0.452 e. The maximum atomic E-state index is 12.2. The van der Waals surface area contributed by atoms with Crippen LogP contribution in [0.25, 0.3) is 0 Å². The molecule has 1 aliphatic carbocycles. The molecule has 1 amide bonds. The number of nitrogen functional groups attached to an aromatic ring is 1. The van der Waals surface area contributed by atoms with Crippen LogP contribution in [0.4, 0.5) is 11.4 Å². The first-order valence-electron chi connectivity index (χ1n) is 8.26. The minimum absolute atomic E-state index is 0.0673. The Morgan fingerprint density at radius 2 is 1.96 bits per heavy atom. The van der Waals surface area contributed by atoms with E-state index in [0.29, 0.717) is 5.92 Å². The van der Waals surface area contributed by atoms with Gasteiger partial charge in [-0.25, -0.2) is 4.79 Å². The highest BCUT2D eigenvalue weighted by molar-refractivity contribution is 5.97. The van der Waals surface area contributed by atoms with Crippen LogP contribution in [0.2, 0.25) is 0 Å². The van der Waals surface area contributed by atoms with E-state index in [0.717, 1.165) is 31.7 Å². The van der Waals surface area contributed by atoms with Crippen molar-refractivity contribution in [3.05, 3.63) is 33.9 Å². The van der Waals surface area contributed by atoms with Gasteiger partial charge in [-0.3, -0.25) is 14.9 Å². The smallest absolute Gasteiger partial charge is 0.341 e. The lowest BCUT2D eigenvalue weighted by Gasteiger charge is -2.33. The van der Waals surface area contributed by atoms with Crippen molar-refractivity contribution >= 4 is 23.3 Å². The molecule has 0 unspecified atom stereocenters. The molecule has 0 radical (unpaired) electrons. The van der Waals surface area contributed by atoms with Crippen molar-refractivity contribution in [2.24, 2.45) is 5.92 Å². The Labute approximate surface area is 146 Å². The van der Waals surface area contributed by atoms with Crippen molar-refractivity contribution in [3.63, 3.8) is 0 Å². The van der Waals surface area contributed by atoms with Crippen LogP contribution in [0.1, 0.15) is 43.0 Å². The minimum atomic E-state index is -0.847. The Morgan fingerprint density at radius 1 is 1.32 bits per heavy atom. The molecule has 0 spiro atoms. The molecule has 0 atom stereocenters. The first-order chi connectivity index (χ1) is 11.8. The summed E-state index contributed by atoms with van der Waals surface area (Å²) >= 11 is 0. The summed E-state index contributed by atoms with van der Waals surface area (Å²) in [5.74, 6) is -0.466. The Morgan fingerprint density at radius 3 is 2.56 bits per heavy atom. The number of hydrogen-bond acceptors (Lipinski definition) is 6. The standard InChI is InChI=1S/C17H23N3O5/c1-11-3-5-12(6-4-11)19(2)16(21)10-25-17(22)14-9-13(20(23)24)7-8-15(14)18/h7-9,11-12H,3-6,10,18H2,1-2H3. The Hall–Kier alpha value is -2.64. The van der Waals surface area contributed by atoms with Gasteiger partial charge < -0.3 is 15.4 Å². The van der Waals surface area contributed by atoms with E-state index in [4.69, 9.17) is 10.5 Å². The summed E-state index contributed by atoms with van der Waals surface area (Å²) in [5.41, 5.74) is 5.36. The molecule has 25 heavy (non-hydrogen) atoms. The second-order valence-corrected chi connectivity index (χ2v) is 6.52. The first kappa shape index (κ1) is 18.7. The molecule has 0 aromatic heterocycles. The van der Waals surface area contributed by atoms with E-state index in [1.54, 1.807) is 11.9 Å². The Kier molecular flexibility index (Phi) is 5.95. The fourth-order valence-electron chi connectivity index (χ4n) is 2.97. The van der Waals surface area contributed by atoms with Crippen molar-refractivity contribution in [3.8, 4) is 0 Å². The Bertz CT molecular complexity index is 668. The van der Waals surface area contributed by atoms with E-state index in [1.165, 1.54) is 12.1 Å². The van der Waals surface area contributed by atoms with Gasteiger partial charge in [-0.1, -0.05) is 6.92 Å². The molecule has 2 rings (SSSR count). The SMILES string of the molecule is CC1CCC(N(C)C(=O)COC(=O)c2cc([N+](=O)[O-])ccc2N)CC1.